The summed E-state index contributed by atoms with van der Waals surface area (Å²) in [6, 6.07) is 12.4. The van der Waals surface area contributed by atoms with E-state index in [0.717, 1.165) is 35.8 Å². The highest BCUT2D eigenvalue weighted by Crippen LogP contribution is 2.31. The van der Waals surface area contributed by atoms with Crippen LogP contribution in [0, 0.1) is 11.8 Å². The molecule has 0 aromatic heterocycles. The van der Waals surface area contributed by atoms with Crippen LogP contribution in [0.1, 0.15) is 90.6 Å². The number of likely N-dealkylation sites (tertiary alicyclic amines) is 1. The SMILES string of the molecule is CC(C)N1CCC(CC(O)CCc2ccc3ccccc3c2C(=O)NC(C)(C)C)C(C(=O)NC(C)(C)C)C1. The van der Waals surface area contributed by atoms with Gasteiger partial charge in [-0.15, -0.1) is 0 Å². The number of rotatable bonds is 8. The molecule has 3 atom stereocenters. The minimum atomic E-state index is -0.541. The van der Waals surface area contributed by atoms with Crippen LogP contribution in [0.2, 0.25) is 0 Å². The zero-order chi connectivity index (χ0) is 28.3. The molecule has 1 aliphatic heterocycles. The van der Waals surface area contributed by atoms with E-state index < -0.39 is 6.10 Å². The molecule has 1 aliphatic rings. The number of carbonyl (C=O) groups excluding carboxylic acids is 2. The van der Waals surface area contributed by atoms with Crippen molar-refractivity contribution in [2.75, 3.05) is 13.1 Å². The van der Waals surface area contributed by atoms with Crippen molar-refractivity contribution in [2.45, 2.75) is 104 Å². The maximum absolute atomic E-state index is 13.4. The average molecular weight is 524 g/mol. The first-order chi connectivity index (χ1) is 17.6. The zero-order valence-electron chi connectivity index (χ0n) is 24.7. The largest absolute Gasteiger partial charge is 0.393 e. The molecule has 0 bridgehead atoms. The van der Waals surface area contributed by atoms with Gasteiger partial charge in [0.25, 0.3) is 5.91 Å². The van der Waals surface area contributed by atoms with Crippen molar-refractivity contribution in [1.82, 2.24) is 15.5 Å². The van der Waals surface area contributed by atoms with Gasteiger partial charge in [0.05, 0.1) is 17.6 Å². The summed E-state index contributed by atoms with van der Waals surface area (Å²) in [5.74, 6) is -0.0223. The molecule has 0 spiro atoms. The van der Waals surface area contributed by atoms with Gasteiger partial charge in [-0.1, -0.05) is 36.4 Å². The Balaban J connectivity index is 1.76. The Morgan fingerprint density at radius 1 is 1.00 bits per heavy atom. The third kappa shape index (κ3) is 8.28. The molecule has 0 saturated carbocycles. The predicted octanol–water partition coefficient (Wildman–Crippen LogP) is 5.31. The van der Waals surface area contributed by atoms with Crippen LogP contribution in [0.25, 0.3) is 10.8 Å². The van der Waals surface area contributed by atoms with E-state index in [9.17, 15) is 14.7 Å². The highest BCUT2D eigenvalue weighted by Gasteiger charge is 2.37. The molecular weight excluding hydrogens is 474 g/mol. The molecular formula is C32H49N3O3. The fourth-order valence-electron chi connectivity index (χ4n) is 5.52. The molecule has 6 nitrogen and oxygen atoms in total. The highest BCUT2D eigenvalue weighted by atomic mass is 16.3. The van der Waals surface area contributed by atoms with Crippen LogP contribution in [-0.4, -0.2) is 58.1 Å². The second-order valence-corrected chi connectivity index (χ2v) is 13.4. The molecule has 0 radical (unpaired) electrons. The third-order valence-corrected chi connectivity index (χ3v) is 7.41. The Morgan fingerprint density at radius 3 is 2.29 bits per heavy atom. The van der Waals surface area contributed by atoms with Crippen molar-refractivity contribution < 1.29 is 14.7 Å². The Labute approximate surface area is 229 Å². The van der Waals surface area contributed by atoms with Gasteiger partial charge in [-0.05, 0) is 110 Å². The molecule has 210 valence electrons. The number of hydrogen-bond donors (Lipinski definition) is 3. The highest BCUT2D eigenvalue weighted by molar-refractivity contribution is 6.08. The van der Waals surface area contributed by atoms with E-state index in [0.29, 0.717) is 30.9 Å². The van der Waals surface area contributed by atoms with E-state index >= 15 is 0 Å². The van der Waals surface area contributed by atoms with Crippen molar-refractivity contribution in [1.29, 1.82) is 0 Å². The Morgan fingerprint density at radius 2 is 1.66 bits per heavy atom. The topological polar surface area (TPSA) is 81.7 Å². The summed E-state index contributed by atoms with van der Waals surface area (Å²) >= 11 is 0. The molecule has 3 N–H and O–H groups in total. The summed E-state index contributed by atoms with van der Waals surface area (Å²) in [5, 5.41) is 19.4. The fraction of sp³-hybridized carbons (Fsp3) is 0.625. The maximum Gasteiger partial charge on any atom is 0.252 e. The smallest absolute Gasteiger partial charge is 0.252 e. The van der Waals surface area contributed by atoms with Gasteiger partial charge in [0.1, 0.15) is 0 Å². The van der Waals surface area contributed by atoms with Crippen molar-refractivity contribution in [2.24, 2.45) is 11.8 Å². The first-order valence-electron chi connectivity index (χ1n) is 14.2. The minimum Gasteiger partial charge on any atom is -0.393 e. The summed E-state index contributed by atoms with van der Waals surface area (Å²) in [7, 11) is 0. The predicted molar refractivity (Wildman–Crippen MR) is 156 cm³/mol. The lowest BCUT2D eigenvalue weighted by Gasteiger charge is -2.41. The number of aryl methyl sites for hydroxylation is 1. The molecule has 1 heterocycles. The maximum atomic E-state index is 13.4. The number of aliphatic hydroxyl groups is 1. The number of fused-ring (bicyclic) bond motifs is 1. The zero-order valence-corrected chi connectivity index (χ0v) is 24.7. The van der Waals surface area contributed by atoms with Crippen molar-refractivity contribution in [3.05, 3.63) is 47.5 Å². The van der Waals surface area contributed by atoms with Crippen LogP contribution >= 0.6 is 0 Å². The summed E-state index contributed by atoms with van der Waals surface area (Å²) in [5.41, 5.74) is 0.998. The second-order valence-electron chi connectivity index (χ2n) is 13.4. The van der Waals surface area contributed by atoms with Crippen LogP contribution in [0.3, 0.4) is 0 Å². The number of hydrogen-bond acceptors (Lipinski definition) is 4. The Hall–Kier alpha value is -2.44. The lowest BCUT2D eigenvalue weighted by Crippen LogP contribution is -2.53. The van der Waals surface area contributed by atoms with Crippen molar-refractivity contribution in [3.63, 3.8) is 0 Å². The van der Waals surface area contributed by atoms with Crippen LogP contribution < -0.4 is 10.6 Å². The summed E-state index contributed by atoms with van der Waals surface area (Å²) < 4.78 is 0. The molecule has 3 rings (SSSR count). The van der Waals surface area contributed by atoms with E-state index in [1.165, 1.54) is 0 Å². The molecule has 2 aromatic carbocycles. The van der Waals surface area contributed by atoms with E-state index in [4.69, 9.17) is 0 Å². The van der Waals surface area contributed by atoms with Crippen LogP contribution in [0.5, 0.6) is 0 Å². The Kier molecular flexibility index (Phi) is 9.64. The van der Waals surface area contributed by atoms with Gasteiger partial charge in [0, 0.05) is 23.7 Å². The van der Waals surface area contributed by atoms with Gasteiger partial charge >= 0.3 is 0 Å². The number of nitrogens with one attached hydrogen (secondary N) is 2. The van der Waals surface area contributed by atoms with Crippen molar-refractivity contribution >= 4 is 22.6 Å². The molecule has 1 fully saturated rings. The number of aliphatic hydroxyl groups excluding tert-OH is 1. The number of nitrogens with zero attached hydrogens (tertiary/aromatic N) is 1. The van der Waals surface area contributed by atoms with Gasteiger partial charge in [-0.25, -0.2) is 0 Å². The lowest BCUT2D eigenvalue weighted by atomic mass is 9.79. The monoisotopic (exact) mass is 523 g/mol. The first kappa shape index (κ1) is 30.1. The Bertz CT molecular complexity index is 1110. The minimum absolute atomic E-state index is 0.0794. The normalized spacial score (nSPS) is 19.9. The number of benzene rings is 2. The third-order valence-electron chi connectivity index (χ3n) is 7.41. The number of piperidine rings is 1. The van der Waals surface area contributed by atoms with Gasteiger partial charge in [0.2, 0.25) is 5.91 Å². The quantitative estimate of drug-likeness (QED) is 0.438. The summed E-state index contributed by atoms with van der Waals surface area (Å²) in [6.45, 7) is 18.0. The molecule has 3 unspecified atom stereocenters. The fourth-order valence-corrected chi connectivity index (χ4v) is 5.52. The van der Waals surface area contributed by atoms with Gasteiger partial charge in [-0.3, -0.25) is 9.59 Å². The standard InChI is InChI=1S/C32H49N3O3/c1-21(2)35-18-17-24(27(20-35)29(37)33-31(3,4)5)19-25(36)16-15-23-14-13-22-11-9-10-12-26(22)28(23)30(38)34-32(6,7)8/h9-14,21,24-25,27,36H,15-20H2,1-8H3,(H,33,37)(H,34,38). The molecule has 1 saturated heterocycles. The molecule has 38 heavy (non-hydrogen) atoms. The van der Waals surface area contributed by atoms with Gasteiger partial charge in [0.15, 0.2) is 0 Å². The molecule has 2 amide bonds. The number of carbonyl (C=O) groups is 2. The van der Waals surface area contributed by atoms with Crippen molar-refractivity contribution in [3.8, 4) is 0 Å². The van der Waals surface area contributed by atoms with E-state index in [1.807, 2.05) is 71.9 Å². The van der Waals surface area contributed by atoms with Gasteiger partial charge < -0.3 is 20.6 Å². The van der Waals surface area contributed by atoms with Gasteiger partial charge in [-0.2, -0.15) is 0 Å². The molecule has 6 heteroatoms. The van der Waals surface area contributed by atoms with Crippen LogP contribution in [0.4, 0.5) is 0 Å². The van der Waals surface area contributed by atoms with E-state index in [1.54, 1.807) is 0 Å². The second kappa shape index (κ2) is 12.2. The average Bonchev–Trinajstić information content (AvgIpc) is 2.80. The first-order valence-corrected chi connectivity index (χ1v) is 14.2. The molecule has 2 aromatic rings. The van der Waals surface area contributed by atoms with E-state index in [-0.39, 0.29) is 34.7 Å². The lowest BCUT2D eigenvalue weighted by molar-refractivity contribution is -0.131. The van der Waals surface area contributed by atoms with Crippen LogP contribution in [0.15, 0.2) is 36.4 Å². The summed E-state index contributed by atoms with van der Waals surface area (Å²) in [6.07, 6.45) is 2.09. The van der Waals surface area contributed by atoms with E-state index in [2.05, 4.69) is 35.4 Å². The molecule has 0 aliphatic carbocycles. The van der Waals surface area contributed by atoms with Crippen LogP contribution in [-0.2, 0) is 11.2 Å². The number of amides is 2. The summed E-state index contributed by atoms with van der Waals surface area (Å²) in [4.78, 5) is 29.0.